The molecule has 108 valence electrons. The Balaban J connectivity index is 1.75. The maximum Gasteiger partial charge on any atom is 0.243 e. The Morgan fingerprint density at radius 2 is 1.95 bits per heavy atom. The van der Waals surface area contributed by atoms with Crippen LogP contribution in [0.1, 0.15) is 37.7 Å². The van der Waals surface area contributed by atoms with E-state index in [1.807, 2.05) is 31.2 Å². The molecule has 4 nitrogen and oxygen atoms in total. The molecule has 2 rings (SSSR count). The molecule has 1 aliphatic carbocycles. The van der Waals surface area contributed by atoms with Crippen molar-refractivity contribution in [2.45, 2.75) is 39.0 Å². The van der Waals surface area contributed by atoms with Crippen LogP contribution in [0.25, 0.3) is 0 Å². The molecule has 2 amide bonds. The fraction of sp³-hybridized carbons (Fsp3) is 0.500. The zero-order valence-electron chi connectivity index (χ0n) is 11.9. The predicted octanol–water partition coefficient (Wildman–Crippen LogP) is 2.63. The molecule has 1 fully saturated rings. The molecule has 0 atom stereocenters. The monoisotopic (exact) mass is 274 g/mol. The lowest BCUT2D eigenvalue weighted by Crippen LogP contribution is -2.37. The largest absolute Gasteiger partial charge is 0.347 e. The standard InChI is InChI=1S/C16H22N2O2/c1-12-6-5-9-14(10-12)18-15(19)11-17-16(20)13-7-3-2-4-8-13/h5-6,9-10,13H,2-4,7-8,11H2,1H3,(H,17,20)(H,18,19). The van der Waals surface area contributed by atoms with Crippen molar-refractivity contribution in [3.8, 4) is 0 Å². The van der Waals surface area contributed by atoms with E-state index in [1.165, 1.54) is 6.42 Å². The molecular weight excluding hydrogens is 252 g/mol. The van der Waals surface area contributed by atoms with Crippen LogP contribution in [-0.4, -0.2) is 18.4 Å². The normalized spacial score (nSPS) is 15.7. The van der Waals surface area contributed by atoms with Crippen LogP contribution in [0.3, 0.4) is 0 Å². The Morgan fingerprint density at radius 1 is 1.20 bits per heavy atom. The fourth-order valence-electron chi connectivity index (χ4n) is 2.60. The topological polar surface area (TPSA) is 58.2 Å². The van der Waals surface area contributed by atoms with Gasteiger partial charge in [-0.05, 0) is 37.5 Å². The van der Waals surface area contributed by atoms with Gasteiger partial charge in [0.2, 0.25) is 11.8 Å². The lowest BCUT2D eigenvalue weighted by molar-refractivity contribution is -0.128. The van der Waals surface area contributed by atoms with Crippen LogP contribution >= 0.6 is 0 Å². The maximum absolute atomic E-state index is 11.9. The summed E-state index contributed by atoms with van der Waals surface area (Å²) in [5.41, 5.74) is 1.86. The van der Waals surface area contributed by atoms with E-state index in [4.69, 9.17) is 0 Å². The highest BCUT2D eigenvalue weighted by Crippen LogP contribution is 2.23. The van der Waals surface area contributed by atoms with Crippen molar-refractivity contribution >= 4 is 17.5 Å². The van der Waals surface area contributed by atoms with Crippen molar-refractivity contribution < 1.29 is 9.59 Å². The lowest BCUT2D eigenvalue weighted by Gasteiger charge is -2.20. The molecule has 1 aromatic rings. The van der Waals surface area contributed by atoms with E-state index in [2.05, 4.69) is 10.6 Å². The second kappa shape index (κ2) is 7.08. The SMILES string of the molecule is Cc1cccc(NC(=O)CNC(=O)C2CCCCC2)c1. The molecule has 1 aromatic carbocycles. The minimum Gasteiger partial charge on any atom is -0.347 e. The number of hydrogen-bond acceptors (Lipinski definition) is 2. The number of anilines is 1. The molecule has 0 bridgehead atoms. The molecule has 0 spiro atoms. The first-order valence-electron chi connectivity index (χ1n) is 7.29. The highest BCUT2D eigenvalue weighted by Gasteiger charge is 2.21. The first-order chi connectivity index (χ1) is 9.65. The van der Waals surface area contributed by atoms with Crippen LogP contribution in [0.2, 0.25) is 0 Å². The maximum atomic E-state index is 11.9. The van der Waals surface area contributed by atoms with Gasteiger partial charge in [0, 0.05) is 11.6 Å². The van der Waals surface area contributed by atoms with Crippen molar-refractivity contribution in [1.29, 1.82) is 0 Å². The quantitative estimate of drug-likeness (QED) is 0.886. The van der Waals surface area contributed by atoms with Gasteiger partial charge in [0.25, 0.3) is 0 Å². The zero-order valence-corrected chi connectivity index (χ0v) is 11.9. The van der Waals surface area contributed by atoms with Crippen LogP contribution in [0.5, 0.6) is 0 Å². The highest BCUT2D eigenvalue weighted by atomic mass is 16.2. The van der Waals surface area contributed by atoms with Crippen molar-refractivity contribution in [1.82, 2.24) is 5.32 Å². The molecule has 20 heavy (non-hydrogen) atoms. The minimum atomic E-state index is -0.181. The molecular formula is C16H22N2O2. The van der Waals surface area contributed by atoms with Crippen LogP contribution in [0, 0.1) is 12.8 Å². The molecule has 0 saturated heterocycles. The summed E-state index contributed by atoms with van der Waals surface area (Å²) in [6.45, 7) is 2.02. The average molecular weight is 274 g/mol. The number of amides is 2. The van der Waals surface area contributed by atoms with Gasteiger partial charge in [0.05, 0.1) is 6.54 Å². The Morgan fingerprint density at radius 3 is 2.65 bits per heavy atom. The van der Waals surface area contributed by atoms with Crippen LogP contribution < -0.4 is 10.6 Å². The Labute approximate surface area is 119 Å². The van der Waals surface area contributed by atoms with Gasteiger partial charge in [-0.1, -0.05) is 31.4 Å². The number of benzene rings is 1. The summed E-state index contributed by atoms with van der Waals surface area (Å²) in [5, 5.41) is 5.52. The summed E-state index contributed by atoms with van der Waals surface area (Å²) in [6.07, 6.45) is 5.36. The van der Waals surface area contributed by atoms with Crippen LogP contribution in [-0.2, 0) is 9.59 Å². The van der Waals surface area contributed by atoms with E-state index in [0.29, 0.717) is 0 Å². The Hall–Kier alpha value is -1.84. The van der Waals surface area contributed by atoms with E-state index in [1.54, 1.807) is 0 Å². The molecule has 1 aliphatic rings. The third kappa shape index (κ3) is 4.37. The molecule has 0 unspecified atom stereocenters. The number of carbonyl (C=O) groups is 2. The number of nitrogens with one attached hydrogen (secondary N) is 2. The number of carbonyl (C=O) groups excluding carboxylic acids is 2. The zero-order chi connectivity index (χ0) is 14.4. The van der Waals surface area contributed by atoms with Crippen LogP contribution in [0.4, 0.5) is 5.69 Å². The summed E-state index contributed by atoms with van der Waals surface area (Å²) in [5.74, 6) is -0.0700. The fourth-order valence-corrected chi connectivity index (χ4v) is 2.60. The molecule has 0 aliphatic heterocycles. The second-order valence-electron chi connectivity index (χ2n) is 5.47. The molecule has 0 aromatic heterocycles. The van der Waals surface area contributed by atoms with Gasteiger partial charge in [-0.15, -0.1) is 0 Å². The highest BCUT2D eigenvalue weighted by molar-refractivity contribution is 5.94. The summed E-state index contributed by atoms with van der Waals surface area (Å²) >= 11 is 0. The van der Waals surface area contributed by atoms with E-state index in [9.17, 15) is 9.59 Å². The number of aryl methyl sites for hydroxylation is 1. The predicted molar refractivity (Wildman–Crippen MR) is 79.4 cm³/mol. The first kappa shape index (κ1) is 14.6. The van der Waals surface area contributed by atoms with Gasteiger partial charge >= 0.3 is 0 Å². The first-order valence-corrected chi connectivity index (χ1v) is 7.29. The Kier molecular flexibility index (Phi) is 5.16. The lowest BCUT2D eigenvalue weighted by atomic mass is 9.89. The van der Waals surface area contributed by atoms with Crippen molar-refractivity contribution in [3.63, 3.8) is 0 Å². The van der Waals surface area contributed by atoms with Crippen molar-refractivity contribution in [2.75, 3.05) is 11.9 Å². The molecule has 0 heterocycles. The third-order valence-electron chi connectivity index (χ3n) is 3.70. The number of hydrogen-bond donors (Lipinski definition) is 2. The van der Waals surface area contributed by atoms with E-state index in [0.717, 1.165) is 36.9 Å². The van der Waals surface area contributed by atoms with Gasteiger partial charge in [-0.25, -0.2) is 0 Å². The summed E-state index contributed by atoms with van der Waals surface area (Å²) < 4.78 is 0. The second-order valence-corrected chi connectivity index (χ2v) is 5.47. The van der Waals surface area contributed by atoms with Crippen molar-refractivity contribution in [2.24, 2.45) is 5.92 Å². The smallest absolute Gasteiger partial charge is 0.243 e. The Bertz CT molecular complexity index is 479. The molecule has 0 radical (unpaired) electrons. The van der Waals surface area contributed by atoms with Gasteiger partial charge in [-0.3, -0.25) is 9.59 Å². The number of rotatable bonds is 4. The van der Waals surface area contributed by atoms with Gasteiger partial charge < -0.3 is 10.6 Å². The van der Waals surface area contributed by atoms with Gasteiger partial charge in [-0.2, -0.15) is 0 Å². The summed E-state index contributed by atoms with van der Waals surface area (Å²) in [7, 11) is 0. The van der Waals surface area contributed by atoms with Crippen LogP contribution in [0.15, 0.2) is 24.3 Å². The van der Waals surface area contributed by atoms with Crippen molar-refractivity contribution in [3.05, 3.63) is 29.8 Å². The molecule has 2 N–H and O–H groups in total. The summed E-state index contributed by atoms with van der Waals surface area (Å²) in [6, 6.07) is 7.61. The van der Waals surface area contributed by atoms with E-state index < -0.39 is 0 Å². The summed E-state index contributed by atoms with van der Waals surface area (Å²) in [4.78, 5) is 23.7. The third-order valence-corrected chi connectivity index (χ3v) is 3.70. The average Bonchev–Trinajstić information content (AvgIpc) is 2.46. The molecule has 4 heteroatoms. The van der Waals surface area contributed by atoms with Gasteiger partial charge in [0.15, 0.2) is 0 Å². The van der Waals surface area contributed by atoms with Gasteiger partial charge in [0.1, 0.15) is 0 Å². The van der Waals surface area contributed by atoms with E-state index >= 15 is 0 Å². The minimum absolute atomic E-state index is 0.0177. The van der Waals surface area contributed by atoms with E-state index in [-0.39, 0.29) is 24.3 Å². The molecule has 1 saturated carbocycles.